The zero-order chi connectivity index (χ0) is 51.4. The van der Waals surface area contributed by atoms with Gasteiger partial charge in [0, 0.05) is 19.3 Å². The van der Waals surface area contributed by atoms with Crippen molar-refractivity contribution in [2.24, 2.45) is 0 Å². The van der Waals surface area contributed by atoms with E-state index in [4.69, 9.17) is 14.2 Å². The number of hydrogen-bond donors (Lipinski definition) is 0. The molecule has 6 heteroatoms. The molecule has 71 heavy (non-hydrogen) atoms. The molecule has 0 rings (SSSR count). The predicted octanol–water partition coefficient (Wildman–Crippen LogP) is 21.0. The number of ether oxygens (including phenoxy) is 3. The molecule has 0 N–H and O–H groups in total. The van der Waals surface area contributed by atoms with Gasteiger partial charge in [0.2, 0.25) is 0 Å². The zero-order valence-electron chi connectivity index (χ0n) is 47.5. The molecule has 0 aliphatic heterocycles. The fourth-order valence-corrected chi connectivity index (χ4v) is 9.09. The van der Waals surface area contributed by atoms with E-state index in [0.29, 0.717) is 19.3 Å². The summed E-state index contributed by atoms with van der Waals surface area (Å²) in [5.74, 6) is -0.881. The van der Waals surface area contributed by atoms with Gasteiger partial charge in [0.05, 0.1) is 0 Å². The second-order valence-electron chi connectivity index (χ2n) is 21.0. The van der Waals surface area contributed by atoms with E-state index >= 15 is 0 Å². The standard InChI is InChI=1S/C65H118O6/c1-4-7-10-13-16-19-22-25-28-30-31-32-33-35-38-40-43-46-49-52-55-58-64(67)70-61-62(71-65(68)59-56-53-50-47-44-41-36-27-24-21-18-15-12-9-6-3)60-69-63(66)57-54-51-48-45-42-39-37-34-29-26-23-20-17-14-11-8-5-2/h17,20,25-26,28-29,37,39,62H,4-16,18-19,21-24,27,30-36,38,40-61H2,1-3H3/b20-17-,28-25-,29-26-,39-37-/t62-/m1/s1. The Morgan fingerprint density at radius 2 is 0.507 bits per heavy atom. The first-order valence-corrected chi connectivity index (χ1v) is 31.1. The lowest BCUT2D eigenvalue weighted by Crippen LogP contribution is -2.30. The van der Waals surface area contributed by atoms with Gasteiger partial charge in [0.15, 0.2) is 6.10 Å². The van der Waals surface area contributed by atoms with Gasteiger partial charge in [-0.25, -0.2) is 0 Å². The third kappa shape index (κ3) is 58.1. The molecule has 0 bridgehead atoms. The van der Waals surface area contributed by atoms with Crippen LogP contribution < -0.4 is 0 Å². The van der Waals surface area contributed by atoms with E-state index in [-0.39, 0.29) is 31.1 Å². The minimum absolute atomic E-state index is 0.0772. The second kappa shape index (κ2) is 59.9. The molecule has 0 saturated heterocycles. The molecule has 0 unspecified atom stereocenters. The highest BCUT2D eigenvalue weighted by molar-refractivity contribution is 5.71. The Morgan fingerprint density at radius 1 is 0.282 bits per heavy atom. The van der Waals surface area contributed by atoms with Crippen LogP contribution in [-0.2, 0) is 28.6 Å². The lowest BCUT2D eigenvalue weighted by Gasteiger charge is -2.18. The quantitative estimate of drug-likeness (QED) is 0.0261. The second-order valence-corrected chi connectivity index (χ2v) is 21.0. The smallest absolute Gasteiger partial charge is 0.306 e. The molecule has 1 atom stereocenters. The summed E-state index contributed by atoms with van der Waals surface area (Å²) in [7, 11) is 0. The summed E-state index contributed by atoms with van der Waals surface area (Å²) >= 11 is 0. The van der Waals surface area contributed by atoms with Crippen LogP contribution in [0.1, 0.15) is 329 Å². The van der Waals surface area contributed by atoms with Crippen molar-refractivity contribution in [3.05, 3.63) is 48.6 Å². The van der Waals surface area contributed by atoms with E-state index in [1.807, 2.05) is 0 Å². The molecule has 0 heterocycles. The van der Waals surface area contributed by atoms with E-state index in [1.54, 1.807) is 0 Å². The molecule has 6 nitrogen and oxygen atoms in total. The van der Waals surface area contributed by atoms with Crippen molar-refractivity contribution in [2.45, 2.75) is 335 Å². The summed E-state index contributed by atoms with van der Waals surface area (Å²) in [4.78, 5) is 38.3. The van der Waals surface area contributed by atoms with Crippen LogP contribution in [0.3, 0.4) is 0 Å². The fraction of sp³-hybridized carbons (Fsp3) is 0.831. The van der Waals surface area contributed by atoms with Gasteiger partial charge < -0.3 is 14.2 Å². The molecular formula is C65H118O6. The molecule has 0 radical (unpaired) electrons. The Kier molecular flexibility index (Phi) is 57.7. The Bertz CT molecular complexity index is 1230. The molecule has 0 spiro atoms. The first-order chi connectivity index (χ1) is 35.0. The Hall–Kier alpha value is -2.63. The Morgan fingerprint density at radius 3 is 0.831 bits per heavy atom. The van der Waals surface area contributed by atoms with Crippen molar-refractivity contribution in [1.29, 1.82) is 0 Å². The molecule has 0 aliphatic rings. The Labute approximate surface area is 441 Å². The third-order valence-electron chi connectivity index (χ3n) is 13.8. The van der Waals surface area contributed by atoms with Gasteiger partial charge in [0.1, 0.15) is 13.2 Å². The maximum Gasteiger partial charge on any atom is 0.306 e. The van der Waals surface area contributed by atoms with Crippen molar-refractivity contribution >= 4 is 17.9 Å². The van der Waals surface area contributed by atoms with Crippen molar-refractivity contribution in [3.63, 3.8) is 0 Å². The normalized spacial score (nSPS) is 12.3. The van der Waals surface area contributed by atoms with Crippen LogP contribution in [0.25, 0.3) is 0 Å². The van der Waals surface area contributed by atoms with E-state index in [9.17, 15) is 14.4 Å². The largest absolute Gasteiger partial charge is 0.462 e. The molecule has 0 saturated carbocycles. The molecule has 0 fully saturated rings. The molecule has 414 valence electrons. The Balaban J connectivity index is 4.35. The maximum absolute atomic E-state index is 12.9. The van der Waals surface area contributed by atoms with Crippen molar-refractivity contribution in [3.8, 4) is 0 Å². The monoisotopic (exact) mass is 995 g/mol. The van der Waals surface area contributed by atoms with E-state index in [1.165, 1.54) is 205 Å². The van der Waals surface area contributed by atoms with Gasteiger partial charge >= 0.3 is 17.9 Å². The summed E-state index contributed by atoms with van der Waals surface area (Å²) < 4.78 is 16.9. The van der Waals surface area contributed by atoms with E-state index in [2.05, 4.69) is 69.4 Å². The average Bonchev–Trinajstić information content (AvgIpc) is 3.37. The van der Waals surface area contributed by atoms with Crippen LogP contribution in [0.2, 0.25) is 0 Å². The van der Waals surface area contributed by atoms with Crippen LogP contribution >= 0.6 is 0 Å². The number of carbonyl (C=O) groups is 3. The highest BCUT2D eigenvalue weighted by atomic mass is 16.6. The summed E-state index contributed by atoms with van der Waals surface area (Å²) in [6.45, 7) is 6.64. The molecule has 0 aromatic carbocycles. The number of rotatable bonds is 57. The van der Waals surface area contributed by atoms with Gasteiger partial charge in [-0.15, -0.1) is 0 Å². The predicted molar refractivity (Wildman–Crippen MR) is 307 cm³/mol. The van der Waals surface area contributed by atoms with Gasteiger partial charge in [-0.05, 0) is 83.5 Å². The maximum atomic E-state index is 12.9. The average molecular weight is 996 g/mol. The molecular weight excluding hydrogens is 877 g/mol. The minimum atomic E-state index is -0.781. The number of esters is 3. The summed E-state index contributed by atoms with van der Waals surface area (Å²) in [6.07, 6.45) is 73.9. The van der Waals surface area contributed by atoms with Crippen LogP contribution in [-0.4, -0.2) is 37.2 Å². The minimum Gasteiger partial charge on any atom is -0.462 e. The number of allylic oxidation sites excluding steroid dienone is 8. The van der Waals surface area contributed by atoms with Crippen LogP contribution in [0.5, 0.6) is 0 Å². The highest BCUT2D eigenvalue weighted by Crippen LogP contribution is 2.17. The van der Waals surface area contributed by atoms with Crippen LogP contribution in [0, 0.1) is 0 Å². The van der Waals surface area contributed by atoms with Gasteiger partial charge in [0.25, 0.3) is 0 Å². The summed E-state index contributed by atoms with van der Waals surface area (Å²) in [5, 5.41) is 0. The summed E-state index contributed by atoms with van der Waals surface area (Å²) in [6, 6.07) is 0. The lowest BCUT2D eigenvalue weighted by molar-refractivity contribution is -0.167. The van der Waals surface area contributed by atoms with Crippen LogP contribution in [0.4, 0.5) is 0 Å². The lowest BCUT2D eigenvalue weighted by atomic mass is 10.0. The molecule has 0 aromatic rings. The van der Waals surface area contributed by atoms with Crippen LogP contribution in [0.15, 0.2) is 48.6 Å². The van der Waals surface area contributed by atoms with Crippen molar-refractivity contribution < 1.29 is 28.6 Å². The molecule has 0 amide bonds. The van der Waals surface area contributed by atoms with Gasteiger partial charge in [-0.3, -0.25) is 14.4 Å². The van der Waals surface area contributed by atoms with Crippen molar-refractivity contribution in [1.82, 2.24) is 0 Å². The van der Waals surface area contributed by atoms with Gasteiger partial charge in [-0.2, -0.15) is 0 Å². The molecule has 0 aliphatic carbocycles. The number of carbonyl (C=O) groups excluding carboxylic acids is 3. The SMILES string of the molecule is CCCCC/C=C\C/C=C\C/C=C\CCCCCCC(=O)OC[C@H](COC(=O)CCCCCCCCCCCCC/C=C\CCCCCCCC)OC(=O)CCCCCCCCCCCCCCCCC. The topological polar surface area (TPSA) is 78.9 Å². The third-order valence-corrected chi connectivity index (χ3v) is 13.8. The van der Waals surface area contributed by atoms with E-state index in [0.717, 1.165) is 83.5 Å². The van der Waals surface area contributed by atoms with Gasteiger partial charge in [-0.1, -0.05) is 275 Å². The van der Waals surface area contributed by atoms with Crippen molar-refractivity contribution in [2.75, 3.05) is 13.2 Å². The number of hydrogen-bond acceptors (Lipinski definition) is 6. The first kappa shape index (κ1) is 68.4. The first-order valence-electron chi connectivity index (χ1n) is 31.1. The van der Waals surface area contributed by atoms with E-state index < -0.39 is 6.10 Å². The fourth-order valence-electron chi connectivity index (χ4n) is 9.09. The zero-order valence-corrected chi connectivity index (χ0v) is 47.5. The number of unbranched alkanes of at least 4 members (excludes halogenated alkanes) is 38. The highest BCUT2D eigenvalue weighted by Gasteiger charge is 2.19. The summed E-state index contributed by atoms with van der Waals surface area (Å²) in [5.41, 5.74) is 0. The molecule has 0 aromatic heterocycles.